The van der Waals surface area contributed by atoms with Crippen LogP contribution < -0.4 is 0 Å². The highest BCUT2D eigenvalue weighted by molar-refractivity contribution is 8.15. The van der Waals surface area contributed by atoms with Gasteiger partial charge in [-0.25, -0.2) is 0 Å². The van der Waals surface area contributed by atoms with Crippen LogP contribution in [0.3, 0.4) is 0 Å². The van der Waals surface area contributed by atoms with Gasteiger partial charge in [-0.3, -0.25) is 9.69 Å². The van der Waals surface area contributed by atoms with Crippen molar-refractivity contribution in [2.24, 2.45) is 10.2 Å². The summed E-state index contributed by atoms with van der Waals surface area (Å²) in [6.45, 7) is 6.24. The van der Waals surface area contributed by atoms with E-state index in [1.165, 1.54) is 17.3 Å². The lowest BCUT2D eigenvalue weighted by Crippen LogP contribution is -2.32. The van der Waals surface area contributed by atoms with Gasteiger partial charge < -0.3 is 0 Å². The molecule has 0 saturated carbocycles. The number of rotatable bonds is 6. The zero-order valence-electron chi connectivity index (χ0n) is 14.0. The molecule has 6 heteroatoms. The van der Waals surface area contributed by atoms with Gasteiger partial charge in [0.2, 0.25) is 5.91 Å². The Hall–Kier alpha value is -2.18. The van der Waals surface area contributed by atoms with Crippen molar-refractivity contribution >= 4 is 40.4 Å². The van der Waals surface area contributed by atoms with Crippen LogP contribution in [0.1, 0.15) is 16.0 Å². The maximum absolute atomic E-state index is 12.7. The van der Waals surface area contributed by atoms with Gasteiger partial charge in [0.1, 0.15) is 0 Å². The Morgan fingerprint density at radius 1 is 1.28 bits per heavy atom. The van der Waals surface area contributed by atoms with E-state index in [1.807, 2.05) is 17.5 Å². The number of thiophene rings is 1. The molecule has 0 N–H and O–H groups in total. The summed E-state index contributed by atoms with van der Waals surface area (Å²) in [4.78, 5) is 15.4. The molecular formula is C19H19N3OS2. The number of hydrogen-bond acceptors (Lipinski definition) is 5. The quantitative estimate of drug-likeness (QED) is 0.437. The number of amidine groups is 1. The molecule has 1 saturated heterocycles. The van der Waals surface area contributed by atoms with E-state index in [0.717, 1.165) is 10.4 Å². The molecular weight excluding hydrogens is 350 g/mol. The van der Waals surface area contributed by atoms with E-state index < -0.39 is 0 Å². The molecule has 3 rings (SSSR count). The zero-order valence-corrected chi connectivity index (χ0v) is 15.6. The molecule has 1 fully saturated rings. The average Bonchev–Trinajstić information content (AvgIpc) is 3.21. The molecule has 1 unspecified atom stereocenters. The van der Waals surface area contributed by atoms with Crippen LogP contribution in [0.15, 0.2) is 64.6 Å². The van der Waals surface area contributed by atoms with E-state index in [4.69, 9.17) is 0 Å². The molecule has 0 aliphatic carbocycles. The molecule has 0 bridgehead atoms. The maximum Gasteiger partial charge on any atom is 0.242 e. The first-order chi connectivity index (χ1) is 12.2. The summed E-state index contributed by atoms with van der Waals surface area (Å²) < 4.78 is 0. The fourth-order valence-corrected chi connectivity index (χ4v) is 4.17. The van der Waals surface area contributed by atoms with Gasteiger partial charge in [0.25, 0.3) is 0 Å². The van der Waals surface area contributed by atoms with Crippen LogP contribution >= 0.6 is 23.1 Å². The number of thioether (sulfide) groups is 1. The summed E-state index contributed by atoms with van der Waals surface area (Å²) in [6, 6.07) is 12.2. The second kappa shape index (κ2) is 8.27. The van der Waals surface area contributed by atoms with E-state index in [1.54, 1.807) is 28.5 Å². The van der Waals surface area contributed by atoms with E-state index in [0.29, 0.717) is 18.1 Å². The van der Waals surface area contributed by atoms with Crippen LogP contribution in [-0.4, -0.2) is 34.0 Å². The Labute approximate surface area is 156 Å². The van der Waals surface area contributed by atoms with E-state index in [-0.39, 0.29) is 11.2 Å². The Morgan fingerprint density at radius 3 is 2.76 bits per heavy atom. The Balaban J connectivity index is 1.74. The van der Waals surface area contributed by atoms with Crippen molar-refractivity contribution in [1.82, 2.24) is 4.90 Å². The number of aryl methyl sites for hydroxylation is 1. The van der Waals surface area contributed by atoms with Gasteiger partial charge in [-0.05, 0) is 30.4 Å². The monoisotopic (exact) mass is 369 g/mol. The fourth-order valence-electron chi connectivity index (χ4n) is 2.45. The van der Waals surface area contributed by atoms with Gasteiger partial charge in [-0.1, -0.05) is 53.7 Å². The van der Waals surface area contributed by atoms with Crippen molar-refractivity contribution < 1.29 is 4.79 Å². The van der Waals surface area contributed by atoms with E-state index in [9.17, 15) is 4.79 Å². The summed E-state index contributed by atoms with van der Waals surface area (Å²) in [7, 11) is 0. The zero-order chi connectivity index (χ0) is 17.6. The minimum atomic E-state index is -0.168. The SMILES string of the molecule is C=CCN1C(=O)C(Cc2ccc(C)cc2)SC1=NN=Cc1cccs1. The molecule has 0 radical (unpaired) electrons. The summed E-state index contributed by atoms with van der Waals surface area (Å²) >= 11 is 3.07. The largest absolute Gasteiger partial charge is 0.285 e. The van der Waals surface area contributed by atoms with Gasteiger partial charge in [-0.2, -0.15) is 5.10 Å². The van der Waals surface area contributed by atoms with E-state index >= 15 is 0 Å². The molecule has 1 aromatic carbocycles. The van der Waals surface area contributed by atoms with Crippen molar-refractivity contribution in [2.75, 3.05) is 6.54 Å². The lowest BCUT2D eigenvalue weighted by Gasteiger charge is -2.12. The van der Waals surface area contributed by atoms with Gasteiger partial charge >= 0.3 is 0 Å². The molecule has 1 amide bonds. The highest BCUT2D eigenvalue weighted by atomic mass is 32.2. The third-order valence-corrected chi connectivity index (χ3v) is 5.72. The maximum atomic E-state index is 12.7. The average molecular weight is 370 g/mol. The predicted molar refractivity (Wildman–Crippen MR) is 108 cm³/mol. The third kappa shape index (κ3) is 4.46. The van der Waals surface area contributed by atoms with Crippen LogP contribution in [0, 0.1) is 6.92 Å². The molecule has 1 aromatic heterocycles. The number of carbonyl (C=O) groups is 1. The molecule has 0 spiro atoms. The summed E-state index contributed by atoms with van der Waals surface area (Å²) in [6.07, 6.45) is 4.11. The summed E-state index contributed by atoms with van der Waals surface area (Å²) in [5.41, 5.74) is 2.37. The molecule has 25 heavy (non-hydrogen) atoms. The van der Waals surface area contributed by atoms with Crippen LogP contribution in [0.5, 0.6) is 0 Å². The number of benzene rings is 1. The van der Waals surface area contributed by atoms with Crippen LogP contribution in [0.25, 0.3) is 0 Å². The normalized spacial score (nSPS) is 19.2. The molecule has 128 valence electrons. The second-order valence-corrected chi connectivity index (χ2v) is 7.83. The first-order valence-corrected chi connectivity index (χ1v) is 9.72. The van der Waals surface area contributed by atoms with E-state index in [2.05, 4.69) is 48.0 Å². The lowest BCUT2D eigenvalue weighted by molar-refractivity contribution is -0.125. The predicted octanol–water partition coefficient (Wildman–Crippen LogP) is 4.12. The second-order valence-electron chi connectivity index (χ2n) is 5.68. The fraction of sp³-hybridized carbons (Fsp3) is 0.211. The molecule has 2 aromatic rings. The molecule has 1 aliphatic heterocycles. The number of hydrogen-bond donors (Lipinski definition) is 0. The highest BCUT2D eigenvalue weighted by Gasteiger charge is 2.37. The Morgan fingerprint density at radius 2 is 2.08 bits per heavy atom. The number of carbonyl (C=O) groups excluding carboxylic acids is 1. The van der Waals surface area contributed by atoms with Crippen LogP contribution in [0.4, 0.5) is 0 Å². The Bertz CT molecular complexity index is 795. The molecule has 2 heterocycles. The standard InChI is InChI=1S/C19H19N3OS2/c1-3-10-22-18(23)17(12-15-8-6-14(2)7-9-15)25-19(22)21-20-13-16-5-4-11-24-16/h3-9,11,13,17H,1,10,12H2,2H3. The summed E-state index contributed by atoms with van der Waals surface area (Å²) in [5.74, 6) is 0.0653. The smallest absolute Gasteiger partial charge is 0.242 e. The number of amides is 1. The first-order valence-electron chi connectivity index (χ1n) is 7.96. The summed E-state index contributed by atoms with van der Waals surface area (Å²) in [5, 5.41) is 10.9. The van der Waals surface area contributed by atoms with Gasteiger partial charge in [0, 0.05) is 11.4 Å². The Kier molecular flexibility index (Phi) is 5.83. The lowest BCUT2D eigenvalue weighted by atomic mass is 10.1. The van der Waals surface area contributed by atoms with Gasteiger partial charge in [0.05, 0.1) is 11.5 Å². The number of nitrogens with zero attached hydrogens (tertiary/aromatic N) is 3. The first kappa shape index (κ1) is 17.6. The highest BCUT2D eigenvalue weighted by Crippen LogP contribution is 2.30. The van der Waals surface area contributed by atoms with Crippen LogP contribution in [-0.2, 0) is 11.2 Å². The molecule has 4 nitrogen and oxygen atoms in total. The minimum Gasteiger partial charge on any atom is -0.285 e. The van der Waals surface area contributed by atoms with Crippen LogP contribution in [0.2, 0.25) is 0 Å². The van der Waals surface area contributed by atoms with Crippen molar-refractivity contribution in [3.8, 4) is 0 Å². The molecule has 1 aliphatic rings. The third-order valence-electron chi connectivity index (χ3n) is 3.74. The topological polar surface area (TPSA) is 45.0 Å². The van der Waals surface area contributed by atoms with Crippen molar-refractivity contribution in [3.63, 3.8) is 0 Å². The van der Waals surface area contributed by atoms with Gasteiger partial charge in [0.15, 0.2) is 5.17 Å². The molecule has 1 atom stereocenters. The van der Waals surface area contributed by atoms with Gasteiger partial charge in [-0.15, -0.1) is 23.0 Å². The van der Waals surface area contributed by atoms with Crippen molar-refractivity contribution in [1.29, 1.82) is 0 Å². The van der Waals surface area contributed by atoms with Crippen molar-refractivity contribution in [3.05, 3.63) is 70.4 Å². The van der Waals surface area contributed by atoms with Crippen molar-refractivity contribution in [2.45, 2.75) is 18.6 Å². The minimum absolute atomic E-state index is 0.0653.